The summed E-state index contributed by atoms with van der Waals surface area (Å²) in [5.74, 6) is 0.197. The van der Waals surface area contributed by atoms with Gasteiger partial charge >= 0.3 is 0 Å². The van der Waals surface area contributed by atoms with E-state index in [2.05, 4.69) is 35.1 Å². The van der Waals surface area contributed by atoms with Crippen LogP contribution in [0.2, 0.25) is 0 Å². The van der Waals surface area contributed by atoms with Crippen molar-refractivity contribution in [3.63, 3.8) is 0 Å². The van der Waals surface area contributed by atoms with Crippen molar-refractivity contribution in [2.24, 2.45) is 11.1 Å². The van der Waals surface area contributed by atoms with Crippen molar-refractivity contribution in [2.45, 2.75) is 44.6 Å². The van der Waals surface area contributed by atoms with Gasteiger partial charge in [0.25, 0.3) is 5.91 Å². The molecule has 1 aromatic carbocycles. The Bertz CT molecular complexity index is 617. The number of hydrogen-bond acceptors (Lipinski definition) is 3. The summed E-state index contributed by atoms with van der Waals surface area (Å²) in [6, 6.07) is 4.16. The van der Waals surface area contributed by atoms with E-state index < -0.39 is 10.0 Å². The lowest BCUT2D eigenvalue weighted by molar-refractivity contribution is 0.0934. The molecule has 7 heteroatoms. The predicted octanol–water partition coefficient (Wildman–Crippen LogP) is 2.65. The van der Waals surface area contributed by atoms with Crippen LogP contribution in [0.4, 0.5) is 0 Å². The smallest absolute Gasteiger partial charge is 0.252 e. The van der Waals surface area contributed by atoms with Crippen LogP contribution in [0.1, 0.15) is 44.0 Å². The van der Waals surface area contributed by atoms with Crippen LogP contribution in [0, 0.1) is 5.92 Å². The number of hydrogen-bond donors (Lipinski definition) is 2. The number of carbonyl (C=O) groups excluding carboxylic acids is 1. The first kappa shape index (κ1) is 18.1. The molecule has 3 N–H and O–H groups in total. The van der Waals surface area contributed by atoms with Gasteiger partial charge in [-0.2, -0.15) is 0 Å². The van der Waals surface area contributed by atoms with E-state index >= 15 is 0 Å². The zero-order valence-corrected chi connectivity index (χ0v) is 14.8. The summed E-state index contributed by atoms with van der Waals surface area (Å²) in [5, 5.41) is 7.96. The van der Waals surface area contributed by atoms with Gasteiger partial charge in [0, 0.05) is 10.5 Å². The molecule has 0 saturated heterocycles. The first-order chi connectivity index (χ1) is 9.65. The number of rotatable bonds is 6. The first-order valence-electron chi connectivity index (χ1n) is 6.78. The van der Waals surface area contributed by atoms with Crippen LogP contribution < -0.4 is 10.5 Å². The third-order valence-corrected chi connectivity index (χ3v) is 4.94. The Hall–Kier alpha value is -0.920. The summed E-state index contributed by atoms with van der Waals surface area (Å²) in [7, 11) is -3.83. The van der Waals surface area contributed by atoms with E-state index in [0.717, 1.165) is 12.8 Å². The molecule has 0 aromatic heterocycles. The maximum absolute atomic E-state index is 12.2. The molecule has 0 aliphatic heterocycles. The molecule has 0 spiro atoms. The van der Waals surface area contributed by atoms with Crippen molar-refractivity contribution in [1.82, 2.24) is 5.32 Å². The molecule has 0 bridgehead atoms. The average molecular weight is 377 g/mol. The van der Waals surface area contributed by atoms with E-state index in [0.29, 0.717) is 10.4 Å². The lowest BCUT2D eigenvalue weighted by Gasteiger charge is -2.18. The van der Waals surface area contributed by atoms with E-state index in [4.69, 9.17) is 5.14 Å². The Morgan fingerprint density at radius 3 is 2.52 bits per heavy atom. The summed E-state index contributed by atoms with van der Waals surface area (Å²) in [4.78, 5) is 12.2. The van der Waals surface area contributed by atoms with Crippen LogP contribution in [0.25, 0.3) is 0 Å². The number of nitrogens with one attached hydrogen (secondary N) is 1. The monoisotopic (exact) mass is 376 g/mol. The Morgan fingerprint density at radius 2 is 2.00 bits per heavy atom. The molecule has 2 unspecified atom stereocenters. The molecule has 1 aromatic rings. The number of primary sulfonamides is 1. The lowest BCUT2D eigenvalue weighted by atomic mass is 10.0. The summed E-state index contributed by atoms with van der Waals surface area (Å²) >= 11 is 3.26. The highest BCUT2D eigenvalue weighted by Gasteiger charge is 2.17. The summed E-state index contributed by atoms with van der Waals surface area (Å²) in [5.41, 5.74) is 0.262. The molecule has 1 rings (SSSR count). The minimum atomic E-state index is -3.83. The molecule has 0 fully saturated rings. The van der Waals surface area contributed by atoms with Crippen LogP contribution in [-0.2, 0) is 10.0 Å². The van der Waals surface area contributed by atoms with Gasteiger partial charge in [0.15, 0.2) is 0 Å². The van der Waals surface area contributed by atoms with Gasteiger partial charge in [-0.25, -0.2) is 13.6 Å². The van der Waals surface area contributed by atoms with Gasteiger partial charge in [0.05, 0.1) is 10.5 Å². The Kier molecular flexibility index (Phi) is 6.37. The normalized spacial score (nSPS) is 14.5. The van der Waals surface area contributed by atoms with Crippen molar-refractivity contribution < 1.29 is 13.2 Å². The SMILES string of the molecule is CCC(C)CC(C)NC(=O)c1cc(S(N)(=O)=O)ccc1Br. The zero-order chi connectivity index (χ0) is 16.2. The summed E-state index contributed by atoms with van der Waals surface area (Å²) in [6.45, 7) is 6.16. The topological polar surface area (TPSA) is 89.3 Å². The maximum Gasteiger partial charge on any atom is 0.252 e. The lowest BCUT2D eigenvalue weighted by Crippen LogP contribution is -2.34. The average Bonchev–Trinajstić information content (AvgIpc) is 2.37. The maximum atomic E-state index is 12.2. The van der Waals surface area contributed by atoms with Crippen LogP contribution in [0.5, 0.6) is 0 Å². The third kappa shape index (κ3) is 5.41. The van der Waals surface area contributed by atoms with Crippen molar-refractivity contribution in [3.05, 3.63) is 28.2 Å². The number of carbonyl (C=O) groups is 1. The molecule has 0 saturated carbocycles. The fraction of sp³-hybridized carbons (Fsp3) is 0.500. The van der Waals surface area contributed by atoms with E-state index in [1.54, 1.807) is 0 Å². The minimum Gasteiger partial charge on any atom is -0.350 e. The second kappa shape index (κ2) is 7.38. The van der Waals surface area contributed by atoms with Gasteiger partial charge in [-0.1, -0.05) is 20.3 Å². The molecular weight excluding hydrogens is 356 g/mol. The highest BCUT2D eigenvalue weighted by Crippen LogP contribution is 2.21. The number of sulfonamides is 1. The Balaban J connectivity index is 2.92. The number of nitrogens with two attached hydrogens (primary N) is 1. The van der Waals surface area contributed by atoms with Crippen LogP contribution in [0.15, 0.2) is 27.6 Å². The molecule has 2 atom stereocenters. The minimum absolute atomic E-state index is 0.0116. The van der Waals surface area contributed by atoms with Crippen LogP contribution >= 0.6 is 15.9 Å². The highest BCUT2D eigenvalue weighted by molar-refractivity contribution is 9.10. The van der Waals surface area contributed by atoms with Gasteiger partial charge in [0.1, 0.15) is 0 Å². The largest absolute Gasteiger partial charge is 0.350 e. The number of benzene rings is 1. The molecule has 0 aliphatic carbocycles. The standard InChI is InChI=1S/C14H21BrN2O3S/c1-4-9(2)7-10(3)17-14(18)12-8-11(21(16,19)20)5-6-13(12)15/h5-6,8-10H,4,7H2,1-3H3,(H,17,18)(H2,16,19,20). The number of halogens is 1. The highest BCUT2D eigenvalue weighted by atomic mass is 79.9. The van der Waals surface area contributed by atoms with Crippen molar-refractivity contribution in [1.29, 1.82) is 0 Å². The second-order valence-electron chi connectivity index (χ2n) is 5.31. The molecule has 0 aliphatic rings. The van der Waals surface area contributed by atoms with Crippen molar-refractivity contribution in [2.75, 3.05) is 0 Å². The van der Waals surface area contributed by atoms with Crippen molar-refractivity contribution in [3.8, 4) is 0 Å². The fourth-order valence-corrected chi connectivity index (χ4v) is 2.95. The van der Waals surface area contributed by atoms with E-state index in [-0.39, 0.29) is 22.4 Å². The molecule has 118 valence electrons. The van der Waals surface area contributed by atoms with Gasteiger partial charge in [-0.05, 0) is 53.4 Å². The summed E-state index contributed by atoms with van der Waals surface area (Å²) < 4.78 is 23.2. The zero-order valence-electron chi connectivity index (χ0n) is 12.4. The molecule has 0 radical (unpaired) electrons. The Morgan fingerprint density at radius 1 is 1.38 bits per heavy atom. The van der Waals surface area contributed by atoms with Crippen LogP contribution in [-0.4, -0.2) is 20.4 Å². The fourth-order valence-electron chi connectivity index (χ4n) is 1.99. The molecule has 0 heterocycles. The van der Waals surface area contributed by atoms with E-state index in [9.17, 15) is 13.2 Å². The van der Waals surface area contributed by atoms with Gasteiger partial charge in [0.2, 0.25) is 10.0 Å². The molecule has 21 heavy (non-hydrogen) atoms. The third-order valence-electron chi connectivity index (χ3n) is 3.34. The molecule has 1 amide bonds. The molecule has 5 nitrogen and oxygen atoms in total. The van der Waals surface area contributed by atoms with E-state index in [1.807, 2.05) is 6.92 Å². The quantitative estimate of drug-likeness (QED) is 0.799. The second-order valence-corrected chi connectivity index (χ2v) is 7.73. The van der Waals surface area contributed by atoms with Gasteiger partial charge < -0.3 is 5.32 Å². The van der Waals surface area contributed by atoms with E-state index in [1.165, 1.54) is 18.2 Å². The van der Waals surface area contributed by atoms with Crippen LogP contribution in [0.3, 0.4) is 0 Å². The predicted molar refractivity (Wildman–Crippen MR) is 86.5 cm³/mol. The molecular formula is C14H21BrN2O3S. The van der Waals surface area contributed by atoms with Gasteiger partial charge in [-0.15, -0.1) is 0 Å². The van der Waals surface area contributed by atoms with Crippen molar-refractivity contribution >= 4 is 31.9 Å². The number of amides is 1. The summed E-state index contributed by atoms with van der Waals surface area (Å²) in [6.07, 6.45) is 1.92. The van der Waals surface area contributed by atoms with Gasteiger partial charge in [-0.3, -0.25) is 4.79 Å². The Labute approximate surface area is 134 Å². The first-order valence-corrected chi connectivity index (χ1v) is 9.12.